The van der Waals surface area contributed by atoms with Crippen LogP contribution in [0.4, 0.5) is 0 Å². The summed E-state index contributed by atoms with van der Waals surface area (Å²) in [4.78, 5) is 0. The molecule has 0 saturated carbocycles. The second kappa shape index (κ2) is 15.8. The fourth-order valence-corrected chi connectivity index (χ4v) is 0. The number of hydrogen-bond donors (Lipinski definition) is 0. The Kier molecular flexibility index (Phi) is 96.8. The van der Waals surface area contributed by atoms with E-state index < -0.39 is 0 Å². The molecule has 24 valence electrons. The Morgan fingerprint density at radius 2 is 1.25 bits per heavy atom. The van der Waals surface area contributed by atoms with E-state index in [0.717, 1.165) is 0 Å². The first kappa shape index (κ1) is 24.6. The molecule has 0 N–H and O–H groups in total. The molecule has 0 rings (SSSR count). The fourth-order valence-electron chi connectivity index (χ4n) is 0. The van der Waals surface area contributed by atoms with Crippen molar-refractivity contribution in [3.05, 3.63) is 0 Å². The van der Waals surface area contributed by atoms with E-state index in [2.05, 4.69) is 0 Å². The zero-order valence-corrected chi connectivity index (χ0v) is 14.8. The van der Waals surface area contributed by atoms with Crippen LogP contribution in [-0.4, -0.2) is 109 Å². The first-order valence-corrected chi connectivity index (χ1v) is 0. The van der Waals surface area contributed by atoms with E-state index in [1.54, 1.807) is 0 Å². The Morgan fingerprint density at radius 1 is 1.25 bits per heavy atom. The molecule has 0 unspecified atom stereocenters. The van der Waals surface area contributed by atoms with E-state index in [1.807, 2.05) is 0 Å². The number of rotatable bonds is 0. The molecule has 4 heteroatoms. The van der Waals surface area contributed by atoms with Crippen molar-refractivity contribution in [2.45, 2.75) is 0 Å². The van der Waals surface area contributed by atoms with Gasteiger partial charge in [0.25, 0.3) is 0 Å². The minimum atomic E-state index is 0. The maximum absolute atomic E-state index is 0. The average molecular weight is 378 g/mol. The molecule has 0 radical (unpaired) electrons. The predicted octanol–water partition coefficient (Wildman–Crippen LogP) is -1.38. The molecule has 0 bridgehead atoms. The van der Waals surface area contributed by atoms with Crippen molar-refractivity contribution in [1.82, 2.24) is 0 Å². The molecule has 0 nitrogen and oxygen atoms in total. The van der Waals surface area contributed by atoms with E-state index in [0.29, 0.717) is 0 Å². The molecule has 0 aliphatic heterocycles. The third-order valence-corrected chi connectivity index (χ3v) is 0. The SMILES string of the molecule is S.[BiH3].[Ca+2].[H-].[H-].[H-].[H-].[Sr+2]. The van der Waals surface area contributed by atoms with E-state index >= 15 is 0 Å². The summed E-state index contributed by atoms with van der Waals surface area (Å²) in [5, 5.41) is 0. The van der Waals surface area contributed by atoms with E-state index in [1.165, 1.54) is 0 Å². The Bertz CT molecular complexity index is 16.0. The summed E-state index contributed by atoms with van der Waals surface area (Å²) in [5.41, 5.74) is 0. The molecule has 0 aromatic rings. The van der Waals surface area contributed by atoms with Gasteiger partial charge >= 0.3 is 109 Å². The maximum atomic E-state index is 0. The Hall–Kier alpha value is 3.97. The van der Waals surface area contributed by atoms with Gasteiger partial charge in [-0.25, -0.2) is 0 Å². The molecule has 4 heavy (non-hydrogen) atoms. The van der Waals surface area contributed by atoms with E-state index in [4.69, 9.17) is 0 Å². The van der Waals surface area contributed by atoms with Gasteiger partial charge in [0, 0.05) is 0 Å². The van der Waals surface area contributed by atoms with E-state index in [-0.39, 0.29) is 129 Å². The molecular weight excluding hydrogens is 369 g/mol. The van der Waals surface area contributed by atoms with Crippen LogP contribution in [0.25, 0.3) is 0 Å². The number of hydrogen-bond acceptors (Lipinski definition) is 0. The topological polar surface area (TPSA) is 0 Å². The van der Waals surface area contributed by atoms with Crippen molar-refractivity contribution in [3.63, 3.8) is 0 Å². The summed E-state index contributed by atoms with van der Waals surface area (Å²) in [5.74, 6) is 0. The van der Waals surface area contributed by atoms with Crippen LogP contribution in [0.3, 0.4) is 0 Å². The van der Waals surface area contributed by atoms with Crippen molar-refractivity contribution in [2.75, 3.05) is 0 Å². The Balaban J connectivity index is 0. The van der Waals surface area contributed by atoms with Gasteiger partial charge in [-0.2, -0.15) is 13.5 Å². The first-order valence-electron chi connectivity index (χ1n) is 0. The maximum Gasteiger partial charge on any atom is 2.00 e. The van der Waals surface area contributed by atoms with Gasteiger partial charge in [-0.05, 0) is 0 Å². The van der Waals surface area contributed by atoms with Crippen molar-refractivity contribution >= 4 is 123 Å². The van der Waals surface area contributed by atoms with Gasteiger partial charge in [-0.3, -0.25) is 0 Å². The summed E-state index contributed by atoms with van der Waals surface area (Å²) in [6.45, 7) is 0. The largest absolute Gasteiger partial charge is 2.00 e. The van der Waals surface area contributed by atoms with Crippen LogP contribution in [0.2, 0.25) is 0 Å². The molecular formula is H9BiCaSSr. The van der Waals surface area contributed by atoms with Gasteiger partial charge in [0.2, 0.25) is 0 Å². The predicted molar refractivity (Wildman–Crippen MR) is 36.3 cm³/mol. The van der Waals surface area contributed by atoms with Gasteiger partial charge < -0.3 is 5.71 Å². The standard InChI is InChI=1S/Bi.Ca.H2S.Sr.7H/h;;1H2;;;;;;;;/q;+2;;+2;;;;4*-1. The summed E-state index contributed by atoms with van der Waals surface area (Å²) in [6, 6.07) is 0. The second-order valence-electron chi connectivity index (χ2n) is 0. The summed E-state index contributed by atoms with van der Waals surface area (Å²) >= 11 is 0. The molecule has 0 aliphatic rings. The normalized spacial score (nSPS) is 0. The van der Waals surface area contributed by atoms with Gasteiger partial charge in [0.1, 0.15) is 0 Å². The molecule has 0 saturated heterocycles. The van der Waals surface area contributed by atoms with Crippen LogP contribution in [0.5, 0.6) is 0 Å². The van der Waals surface area contributed by atoms with Gasteiger partial charge in [-0.1, -0.05) is 0 Å². The van der Waals surface area contributed by atoms with Crippen molar-refractivity contribution in [1.29, 1.82) is 0 Å². The zero-order valence-electron chi connectivity index (χ0n) is 6.62. The third kappa shape index (κ3) is 9.36. The van der Waals surface area contributed by atoms with Crippen LogP contribution in [-0.2, 0) is 0 Å². The summed E-state index contributed by atoms with van der Waals surface area (Å²) < 4.78 is 0. The van der Waals surface area contributed by atoms with Gasteiger partial charge in [0.15, 0.2) is 0 Å². The smallest absolute Gasteiger partial charge is 1.00 e. The monoisotopic (exact) mass is 378 g/mol. The van der Waals surface area contributed by atoms with Crippen LogP contribution in [0, 0.1) is 0 Å². The van der Waals surface area contributed by atoms with Crippen LogP contribution in [0.1, 0.15) is 5.71 Å². The third-order valence-electron chi connectivity index (χ3n) is 0. The Morgan fingerprint density at radius 3 is 1.25 bits per heavy atom. The molecule has 0 aromatic carbocycles. The van der Waals surface area contributed by atoms with Crippen molar-refractivity contribution in [3.8, 4) is 0 Å². The minimum Gasteiger partial charge on any atom is -1.00 e. The molecule has 0 aliphatic carbocycles. The Labute approximate surface area is 125 Å². The molecule has 0 atom stereocenters. The van der Waals surface area contributed by atoms with Gasteiger partial charge in [0.05, 0.1) is 0 Å². The quantitative estimate of drug-likeness (QED) is 0.456. The summed E-state index contributed by atoms with van der Waals surface area (Å²) in [7, 11) is 0. The van der Waals surface area contributed by atoms with Gasteiger partial charge in [-0.15, -0.1) is 0 Å². The minimum absolute atomic E-state index is 0. The molecule has 0 fully saturated rings. The van der Waals surface area contributed by atoms with Crippen molar-refractivity contribution in [2.24, 2.45) is 0 Å². The van der Waals surface area contributed by atoms with Crippen LogP contribution in [0.15, 0.2) is 0 Å². The fraction of sp³-hybridized carbons (Fsp3) is 0. The molecule has 0 aromatic heterocycles. The van der Waals surface area contributed by atoms with Crippen LogP contribution < -0.4 is 0 Å². The molecule has 0 heterocycles. The molecule has 0 spiro atoms. The average Bonchev–Trinajstić information content (AvgIpc) is 0. The van der Waals surface area contributed by atoms with Crippen LogP contribution >= 0.6 is 13.5 Å². The summed E-state index contributed by atoms with van der Waals surface area (Å²) in [6.07, 6.45) is 0. The van der Waals surface area contributed by atoms with Crippen molar-refractivity contribution < 1.29 is 5.71 Å². The van der Waals surface area contributed by atoms with E-state index in [9.17, 15) is 0 Å². The molecule has 0 amide bonds. The zero-order chi connectivity index (χ0) is 0. The second-order valence-corrected chi connectivity index (χ2v) is 0. The first-order chi connectivity index (χ1) is 0.